The number of rotatable bonds is 8. The van der Waals surface area contributed by atoms with Gasteiger partial charge in [0.15, 0.2) is 5.75 Å². The van der Waals surface area contributed by atoms with Crippen molar-refractivity contribution in [1.82, 2.24) is 0 Å². The van der Waals surface area contributed by atoms with Crippen LogP contribution in [-0.4, -0.2) is 6.61 Å². The molecule has 0 saturated heterocycles. The molecule has 1 unspecified atom stereocenters. The SMILES string of the molecule is CC(C)CCC(C)COOc1ccccc1C(C)C. The van der Waals surface area contributed by atoms with Crippen LogP contribution in [0.25, 0.3) is 0 Å². The average Bonchev–Trinajstić information content (AvgIpc) is 2.36. The number of hydrogen-bond donors (Lipinski definition) is 0. The zero-order chi connectivity index (χ0) is 14.3. The first-order chi connectivity index (χ1) is 9.00. The van der Waals surface area contributed by atoms with E-state index in [1.54, 1.807) is 0 Å². The fourth-order valence-electron chi connectivity index (χ4n) is 1.95. The predicted molar refractivity (Wildman–Crippen MR) is 80.3 cm³/mol. The molecule has 0 aliphatic rings. The Morgan fingerprint density at radius 3 is 2.26 bits per heavy atom. The van der Waals surface area contributed by atoms with E-state index in [1.807, 2.05) is 18.2 Å². The highest BCUT2D eigenvalue weighted by molar-refractivity contribution is 5.34. The van der Waals surface area contributed by atoms with Crippen LogP contribution >= 0.6 is 0 Å². The van der Waals surface area contributed by atoms with Crippen molar-refractivity contribution in [3.05, 3.63) is 29.8 Å². The van der Waals surface area contributed by atoms with E-state index < -0.39 is 0 Å². The van der Waals surface area contributed by atoms with E-state index in [0.29, 0.717) is 18.4 Å². The lowest BCUT2D eigenvalue weighted by molar-refractivity contribution is -0.216. The Bertz CT molecular complexity index is 358. The Balaban J connectivity index is 2.37. The lowest BCUT2D eigenvalue weighted by Gasteiger charge is -2.15. The molecule has 0 aromatic heterocycles. The molecule has 0 heterocycles. The molecule has 0 spiro atoms. The molecular formula is C17H28O2. The van der Waals surface area contributed by atoms with Crippen molar-refractivity contribution in [2.75, 3.05) is 6.61 Å². The standard InChI is InChI=1S/C17H28O2/c1-13(2)10-11-15(5)12-18-19-17-9-7-6-8-16(17)14(3)4/h6-9,13-15H,10-12H2,1-5H3. The minimum atomic E-state index is 0.443. The predicted octanol–water partition coefficient (Wildman–Crippen LogP) is 5.19. The molecule has 0 bridgehead atoms. The second-order valence-electron chi connectivity index (χ2n) is 6.14. The first-order valence-corrected chi connectivity index (χ1v) is 7.39. The van der Waals surface area contributed by atoms with Crippen molar-refractivity contribution in [2.24, 2.45) is 11.8 Å². The van der Waals surface area contributed by atoms with E-state index >= 15 is 0 Å². The monoisotopic (exact) mass is 264 g/mol. The fourth-order valence-corrected chi connectivity index (χ4v) is 1.95. The Hall–Kier alpha value is -1.02. The Kier molecular flexibility index (Phi) is 6.93. The molecule has 0 radical (unpaired) electrons. The summed E-state index contributed by atoms with van der Waals surface area (Å²) in [5.74, 6) is 2.57. The maximum Gasteiger partial charge on any atom is 0.168 e. The van der Waals surface area contributed by atoms with Gasteiger partial charge in [-0.25, -0.2) is 0 Å². The summed E-state index contributed by atoms with van der Waals surface area (Å²) in [4.78, 5) is 10.9. The maximum atomic E-state index is 5.48. The van der Waals surface area contributed by atoms with E-state index in [9.17, 15) is 0 Å². The summed E-state index contributed by atoms with van der Waals surface area (Å²) in [7, 11) is 0. The first kappa shape index (κ1) is 16.0. The van der Waals surface area contributed by atoms with Gasteiger partial charge in [0.05, 0.1) is 6.61 Å². The van der Waals surface area contributed by atoms with E-state index in [4.69, 9.17) is 9.78 Å². The minimum Gasteiger partial charge on any atom is -0.337 e. The molecule has 2 heteroatoms. The highest BCUT2D eigenvalue weighted by Crippen LogP contribution is 2.26. The molecule has 1 atom stereocenters. The van der Waals surface area contributed by atoms with Gasteiger partial charge in [0, 0.05) is 5.56 Å². The van der Waals surface area contributed by atoms with Gasteiger partial charge in [-0.1, -0.05) is 59.2 Å². The molecule has 0 amide bonds. The molecule has 1 aromatic carbocycles. The fraction of sp³-hybridized carbons (Fsp3) is 0.647. The van der Waals surface area contributed by atoms with Crippen molar-refractivity contribution < 1.29 is 9.78 Å². The van der Waals surface area contributed by atoms with E-state index in [-0.39, 0.29) is 0 Å². The van der Waals surface area contributed by atoms with Crippen LogP contribution in [0.5, 0.6) is 5.75 Å². The number of benzene rings is 1. The summed E-state index contributed by atoms with van der Waals surface area (Å²) in [6, 6.07) is 8.07. The van der Waals surface area contributed by atoms with Crippen LogP contribution in [0.4, 0.5) is 0 Å². The smallest absolute Gasteiger partial charge is 0.168 e. The van der Waals surface area contributed by atoms with Crippen molar-refractivity contribution in [3.8, 4) is 5.75 Å². The maximum absolute atomic E-state index is 5.48. The van der Waals surface area contributed by atoms with Crippen LogP contribution < -0.4 is 4.89 Å². The first-order valence-electron chi connectivity index (χ1n) is 7.39. The van der Waals surface area contributed by atoms with Gasteiger partial charge < -0.3 is 4.89 Å². The number of hydrogen-bond acceptors (Lipinski definition) is 2. The molecule has 0 N–H and O–H groups in total. The lowest BCUT2D eigenvalue weighted by atomic mass is 10.0. The third-order valence-corrected chi connectivity index (χ3v) is 3.28. The van der Waals surface area contributed by atoms with Crippen LogP contribution in [0, 0.1) is 11.8 Å². The van der Waals surface area contributed by atoms with Gasteiger partial charge in [0.25, 0.3) is 0 Å². The minimum absolute atomic E-state index is 0.443. The van der Waals surface area contributed by atoms with Crippen molar-refractivity contribution in [1.29, 1.82) is 0 Å². The summed E-state index contributed by atoms with van der Waals surface area (Å²) in [5.41, 5.74) is 1.19. The van der Waals surface area contributed by atoms with Crippen molar-refractivity contribution >= 4 is 0 Å². The van der Waals surface area contributed by atoms with E-state index in [0.717, 1.165) is 11.7 Å². The van der Waals surface area contributed by atoms with Gasteiger partial charge >= 0.3 is 0 Å². The highest BCUT2D eigenvalue weighted by Gasteiger charge is 2.09. The van der Waals surface area contributed by atoms with Crippen LogP contribution in [0.15, 0.2) is 24.3 Å². The molecular weight excluding hydrogens is 236 g/mol. The molecule has 19 heavy (non-hydrogen) atoms. The van der Waals surface area contributed by atoms with Gasteiger partial charge in [-0.2, -0.15) is 4.89 Å². The quantitative estimate of drug-likeness (QED) is 0.475. The zero-order valence-corrected chi connectivity index (χ0v) is 13.0. The molecule has 0 aliphatic heterocycles. The van der Waals surface area contributed by atoms with Crippen molar-refractivity contribution in [2.45, 2.75) is 53.4 Å². The van der Waals surface area contributed by atoms with Gasteiger partial charge in [-0.15, -0.1) is 0 Å². The van der Waals surface area contributed by atoms with E-state index in [2.05, 4.69) is 40.7 Å². The van der Waals surface area contributed by atoms with Gasteiger partial charge in [-0.3, -0.25) is 0 Å². The van der Waals surface area contributed by atoms with Gasteiger partial charge in [-0.05, 0) is 30.2 Å². The summed E-state index contributed by atoms with van der Waals surface area (Å²) in [6.07, 6.45) is 2.43. The Labute approximate surface area is 118 Å². The van der Waals surface area contributed by atoms with E-state index in [1.165, 1.54) is 18.4 Å². The largest absolute Gasteiger partial charge is 0.337 e. The summed E-state index contributed by atoms with van der Waals surface area (Å²) < 4.78 is 0. The molecule has 0 fully saturated rings. The van der Waals surface area contributed by atoms with Gasteiger partial charge in [0.1, 0.15) is 0 Å². The van der Waals surface area contributed by atoms with Crippen LogP contribution in [-0.2, 0) is 4.89 Å². The Morgan fingerprint density at radius 1 is 0.947 bits per heavy atom. The summed E-state index contributed by atoms with van der Waals surface area (Å²) in [5, 5.41) is 0. The normalized spacial score (nSPS) is 13.0. The topological polar surface area (TPSA) is 18.5 Å². The second-order valence-corrected chi connectivity index (χ2v) is 6.14. The molecule has 2 nitrogen and oxygen atoms in total. The lowest BCUT2D eigenvalue weighted by Crippen LogP contribution is -2.10. The molecule has 1 rings (SSSR count). The number of para-hydroxylation sites is 1. The Morgan fingerprint density at radius 2 is 1.63 bits per heavy atom. The molecule has 0 aliphatic carbocycles. The zero-order valence-electron chi connectivity index (χ0n) is 13.0. The molecule has 108 valence electrons. The van der Waals surface area contributed by atoms with Crippen LogP contribution in [0.1, 0.15) is 58.9 Å². The van der Waals surface area contributed by atoms with Crippen molar-refractivity contribution in [3.63, 3.8) is 0 Å². The second kappa shape index (κ2) is 8.21. The van der Waals surface area contributed by atoms with Crippen LogP contribution in [0.2, 0.25) is 0 Å². The highest BCUT2D eigenvalue weighted by atomic mass is 17.2. The van der Waals surface area contributed by atoms with Gasteiger partial charge in [0.2, 0.25) is 0 Å². The third-order valence-electron chi connectivity index (χ3n) is 3.28. The summed E-state index contributed by atoms with van der Waals surface area (Å²) >= 11 is 0. The van der Waals surface area contributed by atoms with Crippen LogP contribution in [0.3, 0.4) is 0 Å². The average molecular weight is 264 g/mol. The molecule has 1 aromatic rings. The summed E-state index contributed by atoms with van der Waals surface area (Å²) in [6.45, 7) is 11.7. The third kappa shape index (κ3) is 6.11. The molecule has 0 saturated carbocycles.